The van der Waals surface area contributed by atoms with E-state index in [-0.39, 0.29) is 24.3 Å². The van der Waals surface area contributed by atoms with Crippen molar-refractivity contribution in [2.45, 2.75) is 50.4 Å². The largest absolute Gasteiger partial charge is 0.573 e. The third-order valence-electron chi connectivity index (χ3n) is 7.79. The van der Waals surface area contributed by atoms with E-state index >= 15 is 0 Å². The monoisotopic (exact) mass is 645 g/mol. The molecule has 0 bridgehead atoms. The molecule has 1 aliphatic carbocycles. The van der Waals surface area contributed by atoms with Gasteiger partial charge in [-0.2, -0.15) is 0 Å². The highest BCUT2D eigenvalue weighted by molar-refractivity contribution is 6.30. The van der Waals surface area contributed by atoms with Crippen molar-refractivity contribution in [3.05, 3.63) is 82.4 Å². The molecule has 1 atom stereocenters. The third-order valence-corrected chi connectivity index (χ3v) is 8.05. The zero-order chi connectivity index (χ0) is 32.4. The molecule has 238 valence electrons. The molecule has 1 unspecified atom stereocenters. The zero-order valence-electron chi connectivity index (χ0n) is 24.5. The van der Waals surface area contributed by atoms with Crippen LogP contribution in [0.4, 0.5) is 24.5 Å². The van der Waals surface area contributed by atoms with Gasteiger partial charge in [-0.1, -0.05) is 35.0 Å². The maximum atomic E-state index is 14.4. The van der Waals surface area contributed by atoms with E-state index in [1.807, 2.05) is 0 Å². The molecule has 2 N–H and O–H groups in total. The van der Waals surface area contributed by atoms with Crippen molar-refractivity contribution in [2.24, 2.45) is 5.16 Å². The topological polar surface area (TPSA) is 110 Å². The fraction of sp³-hybridized carbons (Fsp3) is 0.344. The number of aliphatic carboxylic acids is 1. The molecule has 0 saturated heterocycles. The van der Waals surface area contributed by atoms with Crippen LogP contribution in [0.1, 0.15) is 55.3 Å². The van der Waals surface area contributed by atoms with E-state index in [1.165, 1.54) is 24.1 Å². The summed E-state index contributed by atoms with van der Waals surface area (Å²) in [6, 6.07) is 15.1. The van der Waals surface area contributed by atoms with Gasteiger partial charge >= 0.3 is 12.3 Å². The molecule has 3 aromatic carbocycles. The number of nitrogens with zero attached hydrogens (tertiary/aromatic N) is 2. The number of ether oxygens (including phenoxy) is 2. The molecule has 1 heterocycles. The number of halogens is 4. The highest BCUT2D eigenvalue weighted by atomic mass is 35.5. The van der Waals surface area contributed by atoms with E-state index in [0.717, 1.165) is 18.4 Å². The van der Waals surface area contributed by atoms with Gasteiger partial charge < -0.3 is 29.6 Å². The minimum Gasteiger partial charge on any atom is -0.497 e. The Balaban J connectivity index is 1.46. The predicted molar refractivity (Wildman–Crippen MR) is 162 cm³/mol. The number of carbonyl (C=O) groups excluding carboxylic acids is 1. The van der Waals surface area contributed by atoms with Crippen LogP contribution in [0.2, 0.25) is 5.02 Å². The maximum absolute atomic E-state index is 14.4. The molecular formula is C32H31ClF3N3O6. The highest BCUT2D eigenvalue weighted by Gasteiger charge is 2.54. The Bertz CT molecular complexity index is 1610. The first-order chi connectivity index (χ1) is 21.4. The molecule has 1 saturated carbocycles. The zero-order valence-corrected chi connectivity index (χ0v) is 25.2. The molecule has 45 heavy (non-hydrogen) atoms. The quantitative estimate of drug-likeness (QED) is 0.123. The molecule has 2 aliphatic rings. The summed E-state index contributed by atoms with van der Waals surface area (Å²) < 4.78 is 48.8. The fourth-order valence-electron chi connectivity index (χ4n) is 5.39. The molecule has 0 aromatic heterocycles. The van der Waals surface area contributed by atoms with Crippen LogP contribution in [0.3, 0.4) is 0 Å². The molecule has 3 aromatic rings. The number of carboxylic acid groups (broad SMARTS) is 1. The van der Waals surface area contributed by atoms with Gasteiger partial charge in [-0.05, 0) is 67.6 Å². The van der Waals surface area contributed by atoms with E-state index in [4.69, 9.17) is 26.3 Å². The summed E-state index contributed by atoms with van der Waals surface area (Å²) in [6.45, 7) is 2.17. The first-order valence-electron chi connectivity index (χ1n) is 14.2. The standard InChI is InChI=1S/C32H31ClF3N3O6/c1-19(38-44-13-3-4-28(40)41)21-14-23(16-25(15-21)43-2)37-29(20-5-7-22(33)8-6-20)30(42)39-18-31(11-12-31)26-10-9-24(17-27(26)39)45-32(34,35)36/h5-10,14-17,29,37H,3-4,11-13,18H2,1-2H3,(H,40,41)/b38-19+. The van der Waals surface area contributed by atoms with E-state index in [2.05, 4.69) is 15.2 Å². The second-order valence-electron chi connectivity index (χ2n) is 11.0. The molecule has 9 nitrogen and oxygen atoms in total. The van der Waals surface area contributed by atoms with E-state index in [9.17, 15) is 22.8 Å². The second kappa shape index (κ2) is 12.9. The van der Waals surface area contributed by atoms with Gasteiger partial charge in [-0.3, -0.25) is 9.59 Å². The summed E-state index contributed by atoms with van der Waals surface area (Å²) in [5.41, 5.74) is 3.11. The van der Waals surface area contributed by atoms with Crippen molar-refractivity contribution < 1.29 is 42.2 Å². The van der Waals surface area contributed by atoms with Gasteiger partial charge in [0.25, 0.3) is 5.91 Å². The Morgan fingerprint density at radius 1 is 1.09 bits per heavy atom. The minimum absolute atomic E-state index is 0.0405. The number of hydrogen-bond donors (Lipinski definition) is 2. The van der Waals surface area contributed by atoms with Crippen molar-refractivity contribution in [3.63, 3.8) is 0 Å². The van der Waals surface area contributed by atoms with Gasteiger partial charge in [-0.25, -0.2) is 0 Å². The SMILES string of the molecule is COc1cc(NC(C(=O)N2CC3(CC3)c3ccc(OC(F)(F)F)cc32)c2ccc(Cl)cc2)cc(/C(C)=N/OCCCC(=O)O)c1. The van der Waals surface area contributed by atoms with Gasteiger partial charge in [0.1, 0.15) is 24.1 Å². The summed E-state index contributed by atoms with van der Waals surface area (Å²) >= 11 is 6.15. The molecule has 13 heteroatoms. The first-order valence-corrected chi connectivity index (χ1v) is 14.6. The number of carbonyl (C=O) groups is 2. The van der Waals surface area contributed by atoms with Crippen molar-refractivity contribution >= 4 is 40.6 Å². The van der Waals surface area contributed by atoms with Crippen molar-refractivity contribution in [1.82, 2.24) is 0 Å². The fourth-order valence-corrected chi connectivity index (χ4v) is 5.51. The average Bonchev–Trinajstić information content (AvgIpc) is 3.70. The summed E-state index contributed by atoms with van der Waals surface area (Å²) in [6.07, 6.45) is -2.98. The normalized spacial score (nSPS) is 15.8. The van der Waals surface area contributed by atoms with Gasteiger partial charge in [0.2, 0.25) is 0 Å². The number of anilines is 2. The summed E-state index contributed by atoms with van der Waals surface area (Å²) in [7, 11) is 1.50. The maximum Gasteiger partial charge on any atom is 0.573 e. The van der Waals surface area contributed by atoms with Crippen LogP contribution in [0.5, 0.6) is 11.5 Å². The summed E-state index contributed by atoms with van der Waals surface area (Å²) in [5.74, 6) is -1.23. The number of carboxylic acids is 1. The lowest BCUT2D eigenvalue weighted by molar-refractivity contribution is -0.274. The van der Waals surface area contributed by atoms with E-state index < -0.39 is 24.1 Å². The number of hydrogen-bond acceptors (Lipinski definition) is 7. The van der Waals surface area contributed by atoms with Gasteiger partial charge in [0, 0.05) is 46.8 Å². The van der Waals surface area contributed by atoms with Crippen LogP contribution in [0, 0.1) is 0 Å². The van der Waals surface area contributed by atoms with Crippen molar-refractivity contribution in [2.75, 3.05) is 30.5 Å². The Kier molecular flexibility index (Phi) is 9.15. The number of fused-ring (bicyclic) bond motifs is 2. The summed E-state index contributed by atoms with van der Waals surface area (Å²) in [4.78, 5) is 31.9. The molecule has 1 fully saturated rings. The lowest BCUT2D eigenvalue weighted by Gasteiger charge is -2.27. The van der Waals surface area contributed by atoms with E-state index in [0.29, 0.717) is 52.0 Å². The predicted octanol–water partition coefficient (Wildman–Crippen LogP) is 7.08. The Morgan fingerprint density at radius 3 is 2.47 bits per heavy atom. The number of methoxy groups -OCH3 is 1. The number of benzene rings is 3. The van der Waals surface area contributed by atoms with Crippen molar-refractivity contribution in [1.29, 1.82) is 0 Å². The smallest absolute Gasteiger partial charge is 0.497 e. The number of rotatable bonds is 12. The molecule has 0 radical (unpaired) electrons. The van der Waals surface area contributed by atoms with Gasteiger partial charge in [0.15, 0.2) is 0 Å². The van der Waals surface area contributed by atoms with Crippen LogP contribution >= 0.6 is 11.6 Å². The average molecular weight is 646 g/mol. The number of oxime groups is 1. The lowest BCUT2D eigenvalue weighted by Crippen LogP contribution is -2.38. The molecular weight excluding hydrogens is 615 g/mol. The van der Waals surface area contributed by atoms with Gasteiger partial charge in [-0.15, -0.1) is 13.2 Å². The summed E-state index contributed by atoms with van der Waals surface area (Å²) in [5, 5.41) is 16.7. The van der Waals surface area contributed by atoms with Gasteiger partial charge in [0.05, 0.1) is 18.5 Å². The Hall–Kier alpha value is -4.45. The minimum atomic E-state index is -4.87. The lowest BCUT2D eigenvalue weighted by atomic mass is 9.99. The van der Waals surface area contributed by atoms with E-state index in [1.54, 1.807) is 55.5 Å². The van der Waals surface area contributed by atoms with Crippen LogP contribution in [-0.4, -0.2) is 49.3 Å². The third kappa shape index (κ3) is 7.62. The second-order valence-corrected chi connectivity index (χ2v) is 11.5. The highest BCUT2D eigenvalue weighted by Crippen LogP contribution is 2.57. The Morgan fingerprint density at radius 2 is 1.82 bits per heavy atom. The van der Waals surface area contributed by atoms with Crippen LogP contribution in [0.25, 0.3) is 0 Å². The van der Waals surface area contributed by atoms with Crippen molar-refractivity contribution in [3.8, 4) is 11.5 Å². The molecule has 1 amide bonds. The van der Waals surface area contributed by atoms with Crippen LogP contribution in [0.15, 0.2) is 65.8 Å². The molecule has 5 rings (SSSR count). The number of nitrogens with one attached hydrogen (secondary N) is 1. The first kappa shape index (κ1) is 32.0. The van der Waals surface area contributed by atoms with Crippen LogP contribution in [-0.2, 0) is 19.8 Å². The number of amides is 1. The van der Waals surface area contributed by atoms with Crippen LogP contribution < -0.4 is 19.7 Å². The molecule has 1 aliphatic heterocycles. The molecule has 1 spiro atoms. The Labute approximate surface area is 262 Å². The number of alkyl halides is 3.